The van der Waals surface area contributed by atoms with Crippen molar-refractivity contribution < 1.29 is 9.53 Å². The van der Waals surface area contributed by atoms with Crippen LogP contribution in [0.4, 0.5) is 0 Å². The molecule has 0 bridgehead atoms. The van der Waals surface area contributed by atoms with Crippen LogP contribution in [0.5, 0.6) is 0 Å². The largest absolute Gasteiger partial charge is 0.431 e. The van der Waals surface area contributed by atoms with E-state index in [0.717, 1.165) is 6.08 Å². The minimum atomic E-state index is -0.444. The van der Waals surface area contributed by atoms with Crippen molar-refractivity contribution in [3.8, 4) is 0 Å². The Morgan fingerprint density at radius 3 is 2.70 bits per heavy atom. The highest BCUT2D eigenvalue weighted by atomic mass is 16.5. The normalized spacial score (nSPS) is 10.5. The summed E-state index contributed by atoms with van der Waals surface area (Å²) < 4.78 is 4.50. The van der Waals surface area contributed by atoms with Gasteiger partial charge in [0.05, 0.1) is 6.26 Å². The molecule has 0 unspecified atom stereocenters. The summed E-state index contributed by atoms with van der Waals surface area (Å²) in [6.07, 6.45) is 7.64. The third-order valence-corrected chi connectivity index (χ3v) is 0.733. The maximum Gasteiger partial charge on any atom is 0.334 e. The van der Waals surface area contributed by atoms with E-state index in [2.05, 4.69) is 11.3 Å². The molecule has 0 aromatic carbocycles. The van der Waals surface area contributed by atoms with Crippen molar-refractivity contribution in [3.63, 3.8) is 0 Å². The quantitative estimate of drug-likeness (QED) is 0.257. The molecule has 0 aromatic heterocycles. The molecule has 0 radical (unpaired) electrons. The number of hydrogen-bond donors (Lipinski definition) is 0. The Balaban J connectivity index is 3.52. The van der Waals surface area contributed by atoms with Gasteiger partial charge in [-0.3, -0.25) is 0 Å². The van der Waals surface area contributed by atoms with Crippen molar-refractivity contribution in [1.82, 2.24) is 0 Å². The molecular weight excluding hydrogens is 128 g/mol. The van der Waals surface area contributed by atoms with E-state index in [9.17, 15) is 4.79 Å². The first kappa shape index (κ1) is 8.69. The zero-order valence-corrected chi connectivity index (χ0v) is 5.91. The highest BCUT2D eigenvalue weighted by Gasteiger charge is 1.86. The van der Waals surface area contributed by atoms with Crippen molar-refractivity contribution in [2.75, 3.05) is 0 Å². The highest BCUT2D eigenvalue weighted by molar-refractivity contribution is 5.81. The lowest BCUT2D eigenvalue weighted by Gasteiger charge is -1.87. The fourth-order valence-corrected chi connectivity index (χ4v) is 0.311. The summed E-state index contributed by atoms with van der Waals surface area (Å²) in [5.74, 6) is -0.444. The average molecular weight is 138 g/mol. The molecule has 0 amide bonds. The monoisotopic (exact) mass is 138 g/mol. The summed E-state index contributed by atoms with van der Waals surface area (Å²) in [7, 11) is 0. The molecule has 0 heterocycles. The molecule has 2 heteroatoms. The fraction of sp³-hybridized carbons (Fsp3) is 0.125. The minimum Gasteiger partial charge on any atom is -0.431 e. The van der Waals surface area contributed by atoms with E-state index in [4.69, 9.17) is 0 Å². The van der Waals surface area contributed by atoms with Gasteiger partial charge in [0, 0.05) is 6.08 Å². The van der Waals surface area contributed by atoms with Crippen LogP contribution in [0.2, 0.25) is 0 Å². The first-order valence-corrected chi connectivity index (χ1v) is 2.92. The number of ether oxygens (including phenoxy) is 1. The lowest BCUT2D eigenvalue weighted by atomic mass is 10.5. The van der Waals surface area contributed by atoms with Crippen LogP contribution in [0.1, 0.15) is 6.92 Å². The van der Waals surface area contributed by atoms with Gasteiger partial charge in [-0.1, -0.05) is 18.7 Å². The fourth-order valence-electron chi connectivity index (χ4n) is 0.311. The second kappa shape index (κ2) is 5.82. The van der Waals surface area contributed by atoms with Crippen LogP contribution in [0.15, 0.2) is 37.1 Å². The molecule has 0 rings (SSSR count). The van der Waals surface area contributed by atoms with Crippen LogP contribution < -0.4 is 0 Å². The molecule has 0 atom stereocenters. The summed E-state index contributed by atoms with van der Waals surface area (Å²) >= 11 is 0. The maximum atomic E-state index is 10.4. The number of allylic oxidation sites excluding steroid dienone is 3. The molecular formula is C8H10O2. The van der Waals surface area contributed by atoms with Gasteiger partial charge in [0.1, 0.15) is 0 Å². The van der Waals surface area contributed by atoms with E-state index in [1.165, 1.54) is 6.26 Å². The summed E-state index contributed by atoms with van der Waals surface area (Å²) in [5.41, 5.74) is 0. The lowest BCUT2D eigenvalue weighted by Crippen LogP contribution is -1.91. The van der Waals surface area contributed by atoms with Crippen LogP contribution in [-0.4, -0.2) is 5.97 Å². The van der Waals surface area contributed by atoms with E-state index >= 15 is 0 Å². The van der Waals surface area contributed by atoms with Crippen molar-refractivity contribution in [1.29, 1.82) is 0 Å². The van der Waals surface area contributed by atoms with Gasteiger partial charge in [0.25, 0.3) is 0 Å². The van der Waals surface area contributed by atoms with Crippen LogP contribution >= 0.6 is 0 Å². The molecule has 0 spiro atoms. The van der Waals surface area contributed by atoms with Crippen LogP contribution in [0.3, 0.4) is 0 Å². The first-order chi connectivity index (χ1) is 4.81. The third kappa shape index (κ3) is 4.84. The zero-order valence-electron chi connectivity index (χ0n) is 5.91. The SMILES string of the molecule is C=CC(=O)O/C=C/C=C/C. The zero-order chi connectivity index (χ0) is 7.82. The Bertz CT molecular complexity index is 166. The Hall–Kier alpha value is -1.31. The maximum absolute atomic E-state index is 10.4. The van der Waals surface area contributed by atoms with Gasteiger partial charge in [0.2, 0.25) is 0 Å². The molecule has 0 fully saturated rings. The average Bonchev–Trinajstić information content (AvgIpc) is 1.98. The number of rotatable bonds is 3. The second-order valence-electron chi connectivity index (χ2n) is 1.50. The highest BCUT2D eigenvalue weighted by Crippen LogP contribution is 1.82. The standard InChI is InChI=1S/C8H10O2/c1-3-5-6-7-10-8(9)4-2/h3-7H,2H2,1H3/b5-3+,7-6+. The number of hydrogen-bond acceptors (Lipinski definition) is 2. The van der Waals surface area contributed by atoms with Crippen LogP contribution in [0, 0.1) is 0 Å². The van der Waals surface area contributed by atoms with Crippen molar-refractivity contribution in [2.24, 2.45) is 0 Å². The van der Waals surface area contributed by atoms with Gasteiger partial charge in [-0.05, 0) is 13.0 Å². The van der Waals surface area contributed by atoms with E-state index in [1.54, 1.807) is 12.2 Å². The number of carbonyl (C=O) groups is 1. The number of carbonyl (C=O) groups excluding carboxylic acids is 1. The van der Waals surface area contributed by atoms with E-state index in [1.807, 2.05) is 13.0 Å². The Kier molecular flexibility index (Phi) is 5.06. The topological polar surface area (TPSA) is 26.3 Å². The predicted octanol–water partition coefficient (Wildman–Crippen LogP) is 1.81. The molecule has 10 heavy (non-hydrogen) atoms. The molecule has 0 aliphatic rings. The summed E-state index contributed by atoms with van der Waals surface area (Å²) in [5, 5.41) is 0. The Morgan fingerprint density at radius 2 is 2.20 bits per heavy atom. The molecule has 0 aliphatic heterocycles. The second-order valence-corrected chi connectivity index (χ2v) is 1.50. The van der Waals surface area contributed by atoms with Crippen molar-refractivity contribution >= 4 is 5.97 Å². The molecule has 2 nitrogen and oxygen atoms in total. The predicted molar refractivity (Wildman–Crippen MR) is 40.2 cm³/mol. The number of esters is 1. The summed E-state index contributed by atoms with van der Waals surface area (Å²) in [6.45, 7) is 5.11. The molecule has 0 saturated heterocycles. The van der Waals surface area contributed by atoms with Gasteiger partial charge in [-0.15, -0.1) is 0 Å². The summed E-state index contributed by atoms with van der Waals surface area (Å²) in [6, 6.07) is 0. The van der Waals surface area contributed by atoms with Gasteiger partial charge in [0.15, 0.2) is 0 Å². The molecule has 0 aliphatic carbocycles. The van der Waals surface area contributed by atoms with Crippen LogP contribution in [-0.2, 0) is 9.53 Å². The van der Waals surface area contributed by atoms with E-state index < -0.39 is 5.97 Å². The molecule has 54 valence electrons. The van der Waals surface area contributed by atoms with Gasteiger partial charge in [-0.2, -0.15) is 0 Å². The Labute approximate surface area is 60.5 Å². The van der Waals surface area contributed by atoms with Crippen molar-refractivity contribution in [2.45, 2.75) is 6.92 Å². The van der Waals surface area contributed by atoms with E-state index in [0.29, 0.717) is 0 Å². The van der Waals surface area contributed by atoms with Gasteiger partial charge >= 0.3 is 5.97 Å². The van der Waals surface area contributed by atoms with Crippen molar-refractivity contribution in [3.05, 3.63) is 37.1 Å². The lowest BCUT2D eigenvalue weighted by molar-refractivity contribution is -0.132. The summed E-state index contributed by atoms with van der Waals surface area (Å²) in [4.78, 5) is 10.4. The molecule has 0 N–H and O–H groups in total. The first-order valence-electron chi connectivity index (χ1n) is 2.92. The Morgan fingerprint density at radius 1 is 1.50 bits per heavy atom. The minimum absolute atomic E-state index is 0.444. The van der Waals surface area contributed by atoms with Gasteiger partial charge < -0.3 is 4.74 Å². The van der Waals surface area contributed by atoms with Crippen LogP contribution in [0.25, 0.3) is 0 Å². The molecule has 0 aromatic rings. The van der Waals surface area contributed by atoms with E-state index in [-0.39, 0.29) is 0 Å². The van der Waals surface area contributed by atoms with Gasteiger partial charge in [-0.25, -0.2) is 4.79 Å². The third-order valence-electron chi connectivity index (χ3n) is 0.733. The smallest absolute Gasteiger partial charge is 0.334 e. The molecule has 0 saturated carbocycles.